The summed E-state index contributed by atoms with van der Waals surface area (Å²) in [5.41, 5.74) is -1.17. The van der Waals surface area contributed by atoms with Crippen LogP contribution in [-0.4, -0.2) is 43.2 Å². The molecule has 0 saturated heterocycles. The summed E-state index contributed by atoms with van der Waals surface area (Å²) in [7, 11) is 0. The van der Waals surface area contributed by atoms with Crippen LogP contribution in [0.4, 0.5) is 0 Å². The second kappa shape index (κ2) is 10.3. The number of furan rings is 1. The van der Waals surface area contributed by atoms with Gasteiger partial charge in [-0.1, -0.05) is 19.3 Å². The summed E-state index contributed by atoms with van der Waals surface area (Å²) in [6.07, 6.45) is 5.57. The van der Waals surface area contributed by atoms with Gasteiger partial charge in [-0.25, -0.2) is 4.99 Å². The lowest BCUT2D eigenvalue weighted by atomic mass is 9.89. The topological polar surface area (TPSA) is 98.9 Å². The third kappa shape index (κ3) is 6.90. The molecule has 0 spiro atoms. The van der Waals surface area contributed by atoms with Crippen molar-refractivity contribution in [1.82, 2.24) is 16.0 Å². The Labute approximate surface area is 162 Å². The van der Waals surface area contributed by atoms with Crippen LogP contribution < -0.4 is 16.0 Å². The van der Waals surface area contributed by atoms with Crippen molar-refractivity contribution in [1.29, 1.82) is 0 Å². The van der Waals surface area contributed by atoms with Gasteiger partial charge in [0.1, 0.15) is 17.1 Å². The molecule has 0 bridgehead atoms. The maximum atomic E-state index is 12.2. The maximum absolute atomic E-state index is 12.2. The van der Waals surface area contributed by atoms with E-state index in [2.05, 4.69) is 20.9 Å². The summed E-state index contributed by atoms with van der Waals surface area (Å²) in [6, 6.07) is 3.60. The molecule has 1 saturated carbocycles. The molecular weight excluding hydrogens is 344 g/mol. The summed E-state index contributed by atoms with van der Waals surface area (Å²) in [6.45, 7) is 7.51. The molecule has 27 heavy (non-hydrogen) atoms. The Kier molecular flexibility index (Phi) is 8.16. The van der Waals surface area contributed by atoms with Crippen LogP contribution in [0.3, 0.4) is 0 Å². The number of nitrogens with zero attached hydrogens (tertiary/aromatic N) is 1. The van der Waals surface area contributed by atoms with Gasteiger partial charge in [0.15, 0.2) is 5.96 Å². The number of nitrogens with one attached hydrogen (secondary N) is 3. The van der Waals surface area contributed by atoms with Gasteiger partial charge in [-0.2, -0.15) is 0 Å². The van der Waals surface area contributed by atoms with Crippen molar-refractivity contribution in [2.75, 3.05) is 26.2 Å². The number of aryl methyl sites for hydroxylation is 1. The molecule has 152 valence electrons. The molecule has 1 aromatic heterocycles. The van der Waals surface area contributed by atoms with E-state index in [4.69, 9.17) is 4.42 Å². The quantitative estimate of drug-likeness (QED) is 0.315. The van der Waals surface area contributed by atoms with Crippen LogP contribution in [0.15, 0.2) is 21.5 Å². The summed E-state index contributed by atoms with van der Waals surface area (Å²) >= 11 is 0. The number of hydrogen-bond donors (Lipinski definition) is 4. The van der Waals surface area contributed by atoms with E-state index in [1.807, 2.05) is 19.9 Å². The highest BCUT2D eigenvalue weighted by atomic mass is 16.4. The molecule has 1 fully saturated rings. The van der Waals surface area contributed by atoms with Gasteiger partial charge in [0.05, 0.1) is 6.54 Å². The van der Waals surface area contributed by atoms with Crippen LogP contribution in [0.25, 0.3) is 0 Å². The van der Waals surface area contributed by atoms with Gasteiger partial charge in [-0.3, -0.25) is 4.79 Å². The van der Waals surface area contributed by atoms with Crippen molar-refractivity contribution in [3.63, 3.8) is 0 Å². The predicted molar refractivity (Wildman–Crippen MR) is 107 cm³/mol. The molecule has 0 aliphatic heterocycles. The predicted octanol–water partition coefficient (Wildman–Crippen LogP) is 2.05. The zero-order valence-corrected chi connectivity index (χ0v) is 16.8. The molecule has 1 atom stereocenters. The first kappa shape index (κ1) is 21.3. The Bertz CT molecular complexity index is 618. The highest BCUT2D eigenvalue weighted by Crippen LogP contribution is 2.24. The number of amides is 1. The molecule has 1 aromatic rings. The summed E-state index contributed by atoms with van der Waals surface area (Å²) in [4.78, 5) is 16.6. The van der Waals surface area contributed by atoms with Crippen LogP contribution in [0.5, 0.6) is 0 Å². The summed E-state index contributed by atoms with van der Waals surface area (Å²) < 4.78 is 5.52. The van der Waals surface area contributed by atoms with Crippen LogP contribution >= 0.6 is 0 Å². The van der Waals surface area contributed by atoms with Crippen molar-refractivity contribution < 1.29 is 14.3 Å². The van der Waals surface area contributed by atoms with Gasteiger partial charge in [-0.05, 0) is 45.7 Å². The third-order valence-corrected chi connectivity index (χ3v) is 4.85. The van der Waals surface area contributed by atoms with E-state index < -0.39 is 5.60 Å². The largest absolute Gasteiger partial charge is 0.463 e. The number of carbonyl (C=O) groups excluding carboxylic acids is 1. The van der Waals surface area contributed by atoms with Gasteiger partial charge < -0.3 is 25.5 Å². The molecule has 7 nitrogen and oxygen atoms in total. The fourth-order valence-electron chi connectivity index (χ4n) is 3.25. The summed E-state index contributed by atoms with van der Waals surface area (Å²) in [5, 5.41) is 19.9. The van der Waals surface area contributed by atoms with E-state index in [-0.39, 0.29) is 18.4 Å². The summed E-state index contributed by atoms with van der Waals surface area (Å²) in [5.74, 6) is 2.20. The minimum Gasteiger partial charge on any atom is -0.463 e. The van der Waals surface area contributed by atoms with Gasteiger partial charge in [0.25, 0.3) is 0 Å². The van der Waals surface area contributed by atoms with E-state index in [1.54, 1.807) is 13.0 Å². The minimum absolute atomic E-state index is 0.162. The molecule has 1 aliphatic carbocycles. The van der Waals surface area contributed by atoms with Crippen LogP contribution in [0.2, 0.25) is 0 Å². The molecular formula is C20H34N4O3. The highest BCUT2D eigenvalue weighted by molar-refractivity contribution is 5.80. The number of carbonyl (C=O) groups is 1. The van der Waals surface area contributed by atoms with Crippen molar-refractivity contribution >= 4 is 11.9 Å². The molecule has 1 aliphatic rings. The Morgan fingerprint density at radius 1 is 1.22 bits per heavy atom. The van der Waals surface area contributed by atoms with Crippen LogP contribution in [0.1, 0.15) is 57.5 Å². The smallest absolute Gasteiger partial charge is 0.223 e. The van der Waals surface area contributed by atoms with Crippen LogP contribution in [-0.2, 0) is 10.4 Å². The van der Waals surface area contributed by atoms with Gasteiger partial charge in [-0.15, -0.1) is 0 Å². The molecule has 0 radical (unpaired) electrons. The Hall–Kier alpha value is -2.02. The van der Waals surface area contributed by atoms with E-state index in [9.17, 15) is 9.90 Å². The Morgan fingerprint density at radius 2 is 1.93 bits per heavy atom. The van der Waals surface area contributed by atoms with Crippen LogP contribution in [0, 0.1) is 12.8 Å². The number of hydrogen-bond acceptors (Lipinski definition) is 4. The highest BCUT2D eigenvalue weighted by Gasteiger charge is 2.26. The first-order chi connectivity index (χ1) is 12.9. The third-order valence-electron chi connectivity index (χ3n) is 4.85. The Morgan fingerprint density at radius 3 is 2.56 bits per heavy atom. The van der Waals surface area contributed by atoms with Gasteiger partial charge in [0.2, 0.25) is 5.91 Å². The zero-order chi connectivity index (χ0) is 19.7. The molecule has 1 unspecified atom stereocenters. The fraction of sp³-hybridized carbons (Fsp3) is 0.700. The second-order valence-electron chi connectivity index (χ2n) is 7.43. The SMILES string of the molecule is CCNC(=NCC(C)(O)c1ccc(C)o1)NCCNC(=O)C1CCCCC1. The molecule has 0 aromatic carbocycles. The van der Waals surface area contributed by atoms with E-state index in [1.165, 1.54) is 6.42 Å². The molecule has 1 heterocycles. The van der Waals surface area contributed by atoms with Crippen molar-refractivity contribution in [2.24, 2.45) is 10.9 Å². The second-order valence-corrected chi connectivity index (χ2v) is 7.43. The Balaban J connectivity index is 1.78. The lowest BCUT2D eigenvalue weighted by Crippen LogP contribution is -2.43. The number of guanidine groups is 1. The number of aliphatic imine (C=N–C) groups is 1. The zero-order valence-electron chi connectivity index (χ0n) is 16.8. The van der Waals surface area contributed by atoms with Crippen molar-refractivity contribution in [3.8, 4) is 0 Å². The monoisotopic (exact) mass is 378 g/mol. The first-order valence-corrected chi connectivity index (χ1v) is 10.0. The molecule has 2 rings (SSSR count). The minimum atomic E-state index is -1.17. The van der Waals surface area contributed by atoms with E-state index in [0.717, 1.165) is 31.4 Å². The molecule has 4 N–H and O–H groups in total. The molecule has 1 amide bonds. The van der Waals surface area contributed by atoms with E-state index in [0.29, 0.717) is 31.4 Å². The van der Waals surface area contributed by atoms with Crippen molar-refractivity contribution in [3.05, 3.63) is 23.7 Å². The lowest BCUT2D eigenvalue weighted by molar-refractivity contribution is -0.125. The number of aliphatic hydroxyl groups is 1. The molecule has 7 heteroatoms. The first-order valence-electron chi connectivity index (χ1n) is 10.0. The average Bonchev–Trinajstić information content (AvgIpc) is 3.11. The fourth-order valence-corrected chi connectivity index (χ4v) is 3.25. The average molecular weight is 379 g/mol. The van der Waals surface area contributed by atoms with Crippen molar-refractivity contribution in [2.45, 2.75) is 58.5 Å². The maximum Gasteiger partial charge on any atom is 0.223 e. The number of rotatable bonds is 8. The van der Waals surface area contributed by atoms with Gasteiger partial charge in [0, 0.05) is 25.6 Å². The van der Waals surface area contributed by atoms with E-state index >= 15 is 0 Å². The lowest BCUT2D eigenvalue weighted by Gasteiger charge is -2.21. The van der Waals surface area contributed by atoms with Gasteiger partial charge >= 0.3 is 0 Å². The standard InChI is InChI=1S/C20H34N4O3/c1-4-21-19(24-14-20(3,26)17-11-10-15(2)27-17)23-13-12-22-18(25)16-8-6-5-7-9-16/h10-11,16,26H,4-9,12-14H2,1-3H3,(H,22,25)(H2,21,23,24). The normalized spacial score (nSPS) is 18.0.